The van der Waals surface area contributed by atoms with E-state index in [0.29, 0.717) is 11.8 Å². The lowest BCUT2D eigenvalue weighted by Crippen LogP contribution is -2.56. The molecule has 2 N–H and O–H groups in total. The maximum Gasteiger partial charge on any atom is 0.257 e. The predicted molar refractivity (Wildman–Crippen MR) is 123 cm³/mol. The highest BCUT2D eigenvalue weighted by molar-refractivity contribution is 8.14. The third kappa shape index (κ3) is 4.74. The topological polar surface area (TPSA) is 96.9 Å². The number of carbonyl (C=O) groups is 3. The van der Waals surface area contributed by atoms with Crippen LogP contribution in [0, 0.1) is 17.6 Å². The van der Waals surface area contributed by atoms with Crippen LogP contribution < -0.4 is 10.6 Å². The van der Waals surface area contributed by atoms with Gasteiger partial charge in [-0.2, -0.15) is 0 Å². The number of amidine groups is 1. The minimum absolute atomic E-state index is 0.129. The molecule has 0 bridgehead atoms. The van der Waals surface area contributed by atoms with Crippen LogP contribution in [0.25, 0.3) is 0 Å². The summed E-state index contributed by atoms with van der Waals surface area (Å²) in [5, 5.41) is 5.36. The molecule has 0 saturated carbocycles. The molecule has 178 valence electrons. The first-order valence-corrected chi connectivity index (χ1v) is 11.6. The van der Waals surface area contributed by atoms with Gasteiger partial charge in [0.15, 0.2) is 5.17 Å². The number of nitrogens with zero attached hydrogens (tertiary/aromatic N) is 1. The largest absolute Gasteiger partial charge is 0.365 e. The minimum atomic E-state index is -1.27. The number of carbonyl (C=O) groups excluding carboxylic acids is 3. The molecular weight excluding hydrogens is 464 g/mol. The first-order chi connectivity index (χ1) is 16.3. The quantitative estimate of drug-likeness (QED) is 0.633. The smallest absolute Gasteiger partial charge is 0.257 e. The van der Waals surface area contributed by atoms with E-state index >= 15 is 4.39 Å². The van der Waals surface area contributed by atoms with Crippen LogP contribution in [0.5, 0.6) is 0 Å². The van der Waals surface area contributed by atoms with E-state index in [2.05, 4.69) is 10.6 Å². The Hall–Kier alpha value is -3.11. The maximum absolute atomic E-state index is 15.0. The zero-order valence-electron chi connectivity index (χ0n) is 18.3. The van der Waals surface area contributed by atoms with Gasteiger partial charge in [0, 0.05) is 28.4 Å². The second-order valence-electron chi connectivity index (χ2n) is 8.16. The highest BCUT2D eigenvalue weighted by Gasteiger charge is 2.53. The standard InChI is InChI=1S/C24H23F2N3O4S/c1-14-18-12-20(22(32)27-9-10-30)33-13-24(18,17-8-7-16(25)11-19(17)26)29-23(34-14)28-21(31)15-5-3-2-4-6-15/h2-8,10-11,14,18,20H,9,12-13H2,1H3,(H,27,32)(H,28,29,31)/t14-,18+,20-,24-/m1/s1. The normalized spacial score (nSPS) is 26.1. The number of rotatable bonds is 5. The van der Waals surface area contributed by atoms with Crippen molar-refractivity contribution in [3.05, 3.63) is 71.3 Å². The van der Waals surface area contributed by atoms with Gasteiger partial charge in [-0.15, -0.1) is 0 Å². The van der Waals surface area contributed by atoms with Gasteiger partial charge in [-0.1, -0.05) is 43.0 Å². The Morgan fingerprint density at radius 2 is 2.00 bits per heavy atom. The van der Waals surface area contributed by atoms with Crippen molar-refractivity contribution >= 4 is 35.0 Å². The van der Waals surface area contributed by atoms with E-state index in [0.717, 1.165) is 12.1 Å². The Morgan fingerprint density at radius 1 is 1.24 bits per heavy atom. The Balaban J connectivity index is 1.70. The number of hydrogen-bond donors (Lipinski definition) is 2. The van der Waals surface area contributed by atoms with Gasteiger partial charge in [0.25, 0.3) is 5.91 Å². The number of aliphatic imine (C=N–C) groups is 1. The summed E-state index contributed by atoms with van der Waals surface area (Å²) in [7, 11) is 0. The van der Waals surface area contributed by atoms with Gasteiger partial charge in [-0.3, -0.25) is 9.59 Å². The number of fused-ring (bicyclic) bond motifs is 1. The van der Waals surface area contributed by atoms with Crippen LogP contribution in [0.4, 0.5) is 8.78 Å². The molecule has 0 aliphatic carbocycles. The zero-order valence-corrected chi connectivity index (χ0v) is 19.1. The number of nitrogens with one attached hydrogen (secondary N) is 2. The summed E-state index contributed by atoms with van der Waals surface area (Å²) in [5.41, 5.74) is -0.706. The number of amides is 2. The Bertz CT molecular complexity index is 1130. The number of hydrogen-bond acceptors (Lipinski definition) is 6. The van der Waals surface area contributed by atoms with Gasteiger partial charge in [0.05, 0.1) is 13.2 Å². The molecule has 1 fully saturated rings. The Morgan fingerprint density at radius 3 is 2.71 bits per heavy atom. The molecule has 0 unspecified atom stereocenters. The summed E-state index contributed by atoms with van der Waals surface area (Å²) in [6.45, 7) is 1.61. The van der Waals surface area contributed by atoms with Crippen molar-refractivity contribution in [1.82, 2.24) is 10.6 Å². The second kappa shape index (κ2) is 10.0. The molecule has 2 aromatic carbocycles. The lowest BCUT2D eigenvalue weighted by Gasteiger charge is -2.48. The number of benzene rings is 2. The molecule has 4 atom stereocenters. The number of halogens is 2. The molecule has 2 amide bonds. The van der Waals surface area contributed by atoms with Crippen molar-refractivity contribution in [3.8, 4) is 0 Å². The summed E-state index contributed by atoms with van der Waals surface area (Å²) in [6.07, 6.45) is -0.0661. The Labute approximate surface area is 199 Å². The summed E-state index contributed by atoms with van der Waals surface area (Å²) < 4.78 is 34.5. The molecule has 2 aliphatic rings. The fourth-order valence-electron chi connectivity index (χ4n) is 4.42. The molecule has 0 spiro atoms. The van der Waals surface area contributed by atoms with Crippen LogP contribution >= 0.6 is 11.8 Å². The van der Waals surface area contributed by atoms with E-state index in [9.17, 15) is 18.8 Å². The van der Waals surface area contributed by atoms with Gasteiger partial charge < -0.3 is 20.2 Å². The molecule has 2 aromatic rings. The molecule has 34 heavy (non-hydrogen) atoms. The fourth-order valence-corrected chi connectivity index (χ4v) is 5.64. The summed E-state index contributed by atoms with van der Waals surface area (Å²) >= 11 is 1.31. The average molecular weight is 488 g/mol. The number of aldehydes is 1. The van der Waals surface area contributed by atoms with Crippen LogP contribution in [0.3, 0.4) is 0 Å². The zero-order chi connectivity index (χ0) is 24.3. The van der Waals surface area contributed by atoms with Crippen LogP contribution in [-0.4, -0.2) is 47.8 Å². The van der Waals surface area contributed by atoms with Crippen molar-refractivity contribution in [2.45, 2.75) is 30.2 Å². The molecule has 0 aromatic heterocycles. The summed E-state index contributed by atoms with van der Waals surface area (Å²) in [6, 6.07) is 11.9. The first kappa shape index (κ1) is 24.0. The molecule has 2 aliphatic heterocycles. The number of ether oxygens (including phenoxy) is 1. The van der Waals surface area contributed by atoms with Gasteiger partial charge >= 0.3 is 0 Å². The molecule has 7 nitrogen and oxygen atoms in total. The highest BCUT2D eigenvalue weighted by Crippen LogP contribution is 2.50. The third-order valence-corrected chi connectivity index (χ3v) is 7.17. The van der Waals surface area contributed by atoms with E-state index in [1.165, 1.54) is 17.8 Å². The SMILES string of the molecule is C[C@H]1SC(NC(=O)c2ccccc2)=N[C@@]2(c3ccc(F)cc3F)CO[C@@H](C(=O)NCC=O)C[C@@H]12. The van der Waals surface area contributed by atoms with Crippen molar-refractivity contribution in [1.29, 1.82) is 0 Å². The van der Waals surface area contributed by atoms with E-state index in [1.807, 2.05) is 6.92 Å². The molecule has 4 rings (SSSR count). The lowest BCUT2D eigenvalue weighted by molar-refractivity contribution is -0.143. The third-order valence-electron chi connectivity index (χ3n) is 6.06. The average Bonchev–Trinajstić information content (AvgIpc) is 2.82. The van der Waals surface area contributed by atoms with Crippen LogP contribution in [0.1, 0.15) is 29.3 Å². The maximum atomic E-state index is 15.0. The van der Waals surface area contributed by atoms with E-state index in [4.69, 9.17) is 9.73 Å². The van der Waals surface area contributed by atoms with E-state index in [1.54, 1.807) is 30.3 Å². The minimum Gasteiger partial charge on any atom is -0.365 e. The summed E-state index contributed by atoms with van der Waals surface area (Å²) in [4.78, 5) is 40.5. The fraction of sp³-hybridized carbons (Fsp3) is 0.333. The van der Waals surface area contributed by atoms with Crippen molar-refractivity contribution in [2.75, 3.05) is 13.2 Å². The second-order valence-corrected chi connectivity index (χ2v) is 9.53. The molecular formula is C24H23F2N3O4S. The Kier molecular flexibility index (Phi) is 7.08. The van der Waals surface area contributed by atoms with Crippen LogP contribution in [0.2, 0.25) is 0 Å². The summed E-state index contributed by atoms with van der Waals surface area (Å²) in [5.74, 6) is -2.68. The molecule has 10 heteroatoms. The molecule has 1 saturated heterocycles. The lowest BCUT2D eigenvalue weighted by atomic mass is 9.72. The van der Waals surface area contributed by atoms with Gasteiger partial charge in [0.2, 0.25) is 5.91 Å². The van der Waals surface area contributed by atoms with Crippen LogP contribution in [-0.2, 0) is 19.9 Å². The first-order valence-electron chi connectivity index (χ1n) is 10.8. The number of thioether (sulfide) groups is 1. The monoisotopic (exact) mass is 487 g/mol. The van der Waals surface area contributed by atoms with E-state index < -0.39 is 29.2 Å². The van der Waals surface area contributed by atoms with Crippen LogP contribution in [0.15, 0.2) is 53.5 Å². The molecule has 2 heterocycles. The van der Waals surface area contributed by atoms with Crippen molar-refractivity contribution in [3.63, 3.8) is 0 Å². The molecule has 0 radical (unpaired) electrons. The predicted octanol–water partition coefficient (Wildman–Crippen LogP) is 2.80. The van der Waals surface area contributed by atoms with Crippen molar-refractivity contribution in [2.24, 2.45) is 10.9 Å². The highest BCUT2D eigenvalue weighted by atomic mass is 32.2. The van der Waals surface area contributed by atoms with Gasteiger partial charge in [-0.05, 0) is 24.6 Å². The van der Waals surface area contributed by atoms with E-state index in [-0.39, 0.29) is 47.4 Å². The van der Waals surface area contributed by atoms with Gasteiger partial charge in [0.1, 0.15) is 29.6 Å². The van der Waals surface area contributed by atoms with Crippen molar-refractivity contribution < 1.29 is 27.9 Å². The van der Waals surface area contributed by atoms with Gasteiger partial charge in [-0.25, -0.2) is 13.8 Å².